The Kier molecular flexibility index (Phi) is 7.06. The fourth-order valence-corrected chi connectivity index (χ4v) is 3.52. The summed E-state index contributed by atoms with van der Waals surface area (Å²) in [5.41, 5.74) is 2.78. The molecule has 0 saturated carbocycles. The molecule has 1 aliphatic heterocycles. The molecule has 1 atom stereocenters. The van der Waals surface area contributed by atoms with Crippen LogP contribution in [0.5, 0.6) is 5.75 Å². The van der Waals surface area contributed by atoms with E-state index in [1.165, 1.54) is 6.92 Å². The summed E-state index contributed by atoms with van der Waals surface area (Å²) >= 11 is 0. The van der Waals surface area contributed by atoms with Gasteiger partial charge in [0.15, 0.2) is 0 Å². The molecule has 0 aromatic heterocycles. The lowest BCUT2D eigenvalue weighted by molar-refractivity contribution is -0.135. The molecule has 2 aromatic rings. The molecule has 3 amide bonds. The second-order valence-corrected chi connectivity index (χ2v) is 7.39. The molecule has 0 unspecified atom stereocenters. The lowest BCUT2D eigenvalue weighted by Gasteiger charge is -2.32. The highest BCUT2D eigenvalue weighted by Crippen LogP contribution is 2.25. The van der Waals surface area contributed by atoms with Crippen LogP contribution in [0, 0.1) is 5.92 Å². The first-order valence-corrected chi connectivity index (χ1v) is 10.0. The van der Waals surface area contributed by atoms with Gasteiger partial charge in [0.2, 0.25) is 17.7 Å². The minimum absolute atomic E-state index is 0.0323. The van der Waals surface area contributed by atoms with Crippen LogP contribution in [0.4, 0.5) is 5.69 Å². The highest BCUT2D eigenvalue weighted by Gasteiger charge is 2.28. The Morgan fingerprint density at radius 2 is 1.87 bits per heavy atom. The number of likely N-dealkylation sites (tertiary alicyclic amines) is 1. The van der Waals surface area contributed by atoms with E-state index in [0.717, 1.165) is 29.7 Å². The lowest BCUT2D eigenvalue weighted by Crippen LogP contribution is -2.47. The average Bonchev–Trinajstić information content (AvgIpc) is 2.78. The van der Waals surface area contributed by atoms with E-state index in [9.17, 15) is 14.4 Å². The molecule has 2 N–H and O–H groups in total. The minimum Gasteiger partial charge on any atom is -0.497 e. The largest absolute Gasteiger partial charge is 0.497 e. The lowest BCUT2D eigenvalue weighted by atomic mass is 9.96. The van der Waals surface area contributed by atoms with Crippen molar-refractivity contribution in [2.24, 2.45) is 5.92 Å². The summed E-state index contributed by atoms with van der Waals surface area (Å²) in [5.74, 6) is 0.0245. The van der Waals surface area contributed by atoms with Crippen molar-refractivity contribution in [1.82, 2.24) is 10.2 Å². The summed E-state index contributed by atoms with van der Waals surface area (Å²) in [6.45, 7) is 2.32. The van der Waals surface area contributed by atoms with Crippen LogP contribution >= 0.6 is 0 Å². The SMILES string of the molecule is COc1cccc(-c2ccc(NC(=O)[C@H]3CCCN(C(=O)CNC(C)=O)C3)cc2)c1. The number of benzene rings is 2. The molecular weight excluding hydrogens is 382 g/mol. The second kappa shape index (κ2) is 9.91. The van der Waals surface area contributed by atoms with Gasteiger partial charge in [0.1, 0.15) is 5.75 Å². The molecule has 2 aromatic carbocycles. The molecule has 158 valence electrons. The Labute approximate surface area is 176 Å². The Bertz CT molecular complexity index is 911. The van der Waals surface area contributed by atoms with Crippen LogP contribution in [-0.2, 0) is 14.4 Å². The minimum atomic E-state index is -0.266. The van der Waals surface area contributed by atoms with E-state index in [-0.39, 0.29) is 30.2 Å². The number of amides is 3. The van der Waals surface area contributed by atoms with Crippen LogP contribution in [0.25, 0.3) is 11.1 Å². The number of rotatable bonds is 6. The Morgan fingerprint density at radius 3 is 2.57 bits per heavy atom. The zero-order valence-corrected chi connectivity index (χ0v) is 17.3. The number of anilines is 1. The van der Waals surface area contributed by atoms with Crippen molar-refractivity contribution in [1.29, 1.82) is 0 Å². The van der Waals surface area contributed by atoms with Gasteiger partial charge in [-0.3, -0.25) is 14.4 Å². The number of nitrogens with one attached hydrogen (secondary N) is 2. The van der Waals surface area contributed by atoms with Crippen molar-refractivity contribution in [3.8, 4) is 16.9 Å². The number of carbonyl (C=O) groups is 3. The maximum Gasteiger partial charge on any atom is 0.241 e. The topological polar surface area (TPSA) is 87.7 Å². The maximum absolute atomic E-state index is 12.7. The molecule has 1 heterocycles. The predicted molar refractivity (Wildman–Crippen MR) is 115 cm³/mol. The summed E-state index contributed by atoms with van der Waals surface area (Å²) in [4.78, 5) is 37.6. The molecule has 0 aliphatic carbocycles. The molecule has 30 heavy (non-hydrogen) atoms. The number of hydrogen-bond donors (Lipinski definition) is 2. The van der Waals surface area contributed by atoms with Crippen molar-refractivity contribution >= 4 is 23.4 Å². The number of nitrogens with zero attached hydrogens (tertiary/aromatic N) is 1. The van der Waals surface area contributed by atoms with Crippen LogP contribution in [0.3, 0.4) is 0 Å². The standard InChI is InChI=1S/C23H27N3O4/c1-16(27)24-14-22(28)26-12-4-6-19(15-26)23(29)25-20-10-8-17(9-11-20)18-5-3-7-21(13-18)30-2/h3,5,7-11,13,19H,4,6,12,14-15H2,1-2H3,(H,24,27)(H,25,29)/t19-/m0/s1. The van der Waals surface area contributed by atoms with Crippen molar-refractivity contribution in [3.63, 3.8) is 0 Å². The van der Waals surface area contributed by atoms with Crippen LogP contribution < -0.4 is 15.4 Å². The first-order chi connectivity index (χ1) is 14.5. The maximum atomic E-state index is 12.7. The number of ether oxygens (including phenoxy) is 1. The normalized spacial score (nSPS) is 15.9. The van der Waals surface area contributed by atoms with Gasteiger partial charge in [-0.05, 0) is 48.2 Å². The van der Waals surface area contributed by atoms with Gasteiger partial charge in [-0.1, -0.05) is 24.3 Å². The molecule has 3 rings (SSSR count). The summed E-state index contributed by atoms with van der Waals surface area (Å²) in [7, 11) is 1.64. The fourth-order valence-electron chi connectivity index (χ4n) is 3.52. The van der Waals surface area contributed by atoms with Crippen LogP contribution in [0.1, 0.15) is 19.8 Å². The molecule has 1 fully saturated rings. The smallest absolute Gasteiger partial charge is 0.241 e. The number of hydrogen-bond acceptors (Lipinski definition) is 4. The van der Waals surface area contributed by atoms with Gasteiger partial charge in [-0.25, -0.2) is 0 Å². The summed E-state index contributed by atoms with van der Waals surface area (Å²) in [5, 5.41) is 5.47. The first kappa shape index (κ1) is 21.4. The van der Waals surface area contributed by atoms with Crippen LogP contribution in [0.15, 0.2) is 48.5 Å². The van der Waals surface area contributed by atoms with E-state index in [4.69, 9.17) is 4.74 Å². The van der Waals surface area contributed by atoms with Gasteiger partial charge in [0.25, 0.3) is 0 Å². The zero-order valence-electron chi connectivity index (χ0n) is 17.3. The van der Waals surface area contributed by atoms with Crippen LogP contribution in [0.2, 0.25) is 0 Å². The van der Waals surface area contributed by atoms with E-state index in [1.54, 1.807) is 12.0 Å². The van der Waals surface area contributed by atoms with Crippen molar-refractivity contribution in [2.75, 3.05) is 32.1 Å². The zero-order chi connectivity index (χ0) is 21.5. The molecule has 0 radical (unpaired) electrons. The Hall–Kier alpha value is -3.35. The third kappa shape index (κ3) is 5.59. The summed E-state index contributed by atoms with van der Waals surface area (Å²) in [6, 6.07) is 15.4. The van der Waals surface area contributed by atoms with Crippen molar-refractivity contribution in [2.45, 2.75) is 19.8 Å². The van der Waals surface area contributed by atoms with Gasteiger partial charge in [0.05, 0.1) is 19.6 Å². The van der Waals surface area contributed by atoms with Gasteiger partial charge in [-0.2, -0.15) is 0 Å². The average molecular weight is 409 g/mol. The van der Waals surface area contributed by atoms with E-state index in [0.29, 0.717) is 18.8 Å². The van der Waals surface area contributed by atoms with Gasteiger partial charge < -0.3 is 20.3 Å². The Morgan fingerprint density at radius 1 is 1.10 bits per heavy atom. The fraction of sp³-hybridized carbons (Fsp3) is 0.348. The highest BCUT2D eigenvalue weighted by molar-refractivity contribution is 5.93. The number of piperidine rings is 1. The molecule has 1 aliphatic rings. The molecular formula is C23H27N3O4. The molecule has 0 bridgehead atoms. The van der Waals surface area contributed by atoms with Gasteiger partial charge in [0, 0.05) is 25.7 Å². The van der Waals surface area contributed by atoms with Crippen molar-refractivity contribution < 1.29 is 19.1 Å². The molecule has 0 spiro atoms. The summed E-state index contributed by atoms with van der Waals surface area (Å²) in [6.07, 6.45) is 1.50. The van der Waals surface area contributed by atoms with E-state index < -0.39 is 0 Å². The second-order valence-electron chi connectivity index (χ2n) is 7.39. The quantitative estimate of drug-likeness (QED) is 0.768. The van der Waals surface area contributed by atoms with Crippen LogP contribution in [-0.4, -0.2) is 49.4 Å². The van der Waals surface area contributed by atoms with E-state index in [1.807, 2.05) is 48.5 Å². The third-order valence-electron chi connectivity index (χ3n) is 5.19. The summed E-state index contributed by atoms with van der Waals surface area (Å²) < 4.78 is 5.27. The van der Waals surface area contributed by atoms with Crippen molar-refractivity contribution in [3.05, 3.63) is 48.5 Å². The monoisotopic (exact) mass is 409 g/mol. The van der Waals surface area contributed by atoms with Gasteiger partial charge in [-0.15, -0.1) is 0 Å². The molecule has 7 nitrogen and oxygen atoms in total. The number of carbonyl (C=O) groups excluding carboxylic acids is 3. The molecule has 1 saturated heterocycles. The van der Waals surface area contributed by atoms with E-state index in [2.05, 4.69) is 10.6 Å². The molecule has 7 heteroatoms. The first-order valence-electron chi connectivity index (χ1n) is 10.0. The number of methoxy groups -OCH3 is 1. The highest BCUT2D eigenvalue weighted by atomic mass is 16.5. The predicted octanol–water partition coefficient (Wildman–Crippen LogP) is 2.68. The third-order valence-corrected chi connectivity index (χ3v) is 5.19. The van der Waals surface area contributed by atoms with E-state index >= 15 is 0 Å². The Balaban J connectivity index is 1.58. The van der Waals surface area contributed by atoms with Gasteiger partial charge >= 0.3 is 0 Å².